The summed E-state index contributed by atoms with van der Waals surface area (Å²) in [6.07, 6.45) is 1.23. The van der Waals surface area contributed by atoms with Crippen molar-refractivity contribution in [1.82, 2.24) is 9.97 Å². The van der Waals surface area contributed by atoms with Gasteiger partial charge in [0.25, 0.3) is 0 Å². The molecular weight excluding hydrogens is 416 g/mol. The third-order valence-electron chi connectivity index (χ3n) is 6.34. The van der Waals surface area contributed by atoms with Gasteiger partial charge >= 0.3 is 0 Å². The molecule has 0 bridgehead atoms. The van der Waals surface area contributed by atoms with Gasteiger partial charge in [0.15, 0.2) is 5.78 Å². The predicted molar refractivity (Wildman–Crippen MR) is 138 cm³/mol. The molecule has 2 aromatic heterocycles. The molecule has 0 saturated heterocycles. The zero-order chi connectivity index (χ0) is 24.1. The first-order chi connectivity index (χ1) is 16.4. The monoisotopic (exact) mass is 448 g/mol. The Morgan fingerprint density at radius 3 is 1.32 bits per heavy atom. The lowest BCUT2D eigenvalue weighted by molar-refractivity contribution is -0.122. The van der Waals surface area contributed by atoms with Gasteiger partial charge in [-0.2, -0.15) is 0 Å². The number of Topliss-reactive ketones (excluding diaryl/α,β-unsaturated/α-hetero) is 1. The fourth-order valence-electron chi connectivity index (χ4n) is 4.38. The van der Waals surface area contributed by atoms with Gasteiger partial charge < -0.3 is 0 Å². The van der Waals surface area contributed by atoms with Gasteiger partial charge in [0.2, 0.25) is 0 Å². The number of aromatic nitrogens is 2. The van der Waals surface area contributed by atoms with E-state index in [1.807, 2.05) is 50.2 Å². The Morgan fingerprint density at radius 1 is 0.588 bits per heavy atom. The Hall–Kier alpha value is -3.59. The summed E-state index contributed by atoms with van der Waals surface area (Å²) in [6.45, 7) is 8.11. The van der Waals surface area contributed by atoms with Gasteiger partial charge in [-0.3, -0.25) is 14.8 Å². The molecular formula is C31H32N2O. The zero-order valence-corrected chi connectivity index (χ0v) is 20.5. The van der Waals surface area contributed by atoms with Crippen LogP contribution in [0.2, 0.25) is 0 Å². The van der Waals surface area contributed by atoms with Crippen LogP contribution in [0.25, 0.3) is 0 Å². The number of aryl methyl sites for hydroxylation is 4. The summed E-state index contributed by atoms with van der Waals surface area (Å²) in [5, 5.41) is 0. The van der Waals surface area contributed by atoms with Crippen LogP contribution in [-0.2, 0) is 17.6 Å². The summed E-state index contributed by atoms with van der Waals surface area (Å²) in [5.74, 6) is -0.530. The quantitative estimate of drug-likeness (QED) is 0.304. The third kappa shape index (κ3) is 5.85. The molecule has 2 heterocycles. The van der Waals surface area contributed by atoms with Gasteiger partial charge in [-0.05, 0) is 75.9 Å². The van der Waals surface area contributed by atoms with Crippen molar-refractivity contribution in [1.29, 1.82) is 0 Å². The number of carbonyl (C=O) groups excluding carboxylic acids is 1. The minimum absolute atomic E-state index is 0.164. The molecule has 34 heavy (non-hydrogen) atoms. The molecule has 0 amide bonds. The Morgan fingerprint density at radius 2 is 0.971 bits per heavy atom. The predicted octanol–water partition coefficient (Wildman–Crippen LogP) is 6.63. The third-order valence-corrected chi connectivity index (χ3v) is 6.34. The second-order valence-electron chi connectivity index (χ2n) is 9.29. The summed E-state index contributed by atoms with van der Waals surface area (Å²) < 4.78 is 0. The van der Waals surface area contributed by atoms with Gasteiger partial charge in [0.1, 0.15) is 0 Å². The zero-order valence-electron chi connectivity index (χ0n) is 20.5. The molecule has 0 saturated carbocycles. The van der Waals surface area contributed by atoms with Crippen LogP contribution < -0.4 is 0 Å². The molecule has 4 aromatic rings. The highest BCUT2D eigenvalue weighted by Gasteiger charge is 2.31. The number of carbonyl (C=O) groups is 1. The van der Waals surface area contributed by atoms with Crippen molar-refractivity contribution in [3.63, 3.8) is 0 Å². The van der Waals surface area contributed by atoms with E-state index < -0.39 is 0 Å². The maximum Gasteiger partial charge on any atom is 0.151 e. The Labute approximate surface area is 202 Å². The molecule has 3 nitrogen and oxygen atoms in total. The molecule has 2 atom stereocenters. The van der Waals surface area contributed by atoms with Crippen LogP contribution in [-0.4, -0.2) is 15.8 Å². The number of rotatable bonds is 8. The normalized spacial score (nSPS) is 12.8. The van der Waals surface area contributed by atoms with Crippen LogP contribution in [0, 0.1) is 27.7 Å². The van der Waals surface area contributed by atoms with E-state index in [2.05, 4.69) is 62.4 Å². The number of benzene rings is 2. The van der Waals surface area contributed by atoms with E-state index in [1.165, 1.54) is 11.1 Å². The summed E-state index contributed by atoms with van der Waals surface area (Å²) in [5.41, 5.74) is 8.19. The van der Waals surface area contributed by atoms with Crippen molar-refractivity contribution in [3.05, 3.63) is 130 Å². The average molecular weight is 449 g/mol. The molecule has 0 spiro atoms. The highest BCUT2D eigenvalue weighted by atomic mass is 16.1. The maximum atomic E-state index is 14.3. The topological polar surface area (TPSA) is 42.9 Å². The van der Waals surface area contributed by atoms with Gasteiger partial charge in [-0.1, -0.05) is 71.8 Å². The molecule has 0 N–H and O–H groups in total. The van der Waals surface area contributed by atoms with Gasteiger partial charge in [0, 0.05) is 11.4 Å². The molecule has 4 rings (SSSR count). The Balaban J connectivity index is 1.76. The largest absolute Gasteiger partial charge is 0.298 e. The molecule has 0 fully saturated rings. The summed E-state index contributed by atoms with van der Waals surface area (Å²) in [6, 6.07) is 28.8. The van der Waals surface area contributed by atoms with E-state index in [-0.39, 0.29) is 17.6 Å². The number of hydrogen-bond acceptors (Lipinski definition) is 3. The number of hydrogen-bond donors (Lipinski definition) is 0. The van der Waals surface area contributed by atoms with Gasteiger partial charge in [-0.25, -0.2) is 0 Å². The van der Waals surface area contributed by atoms with Crippen LogP contribution in [0.1, 0.15) is 56.9 Å². The molecule has 0 aliphatic carbocycles. The van der Waals surface area contributed by atoms with Crippen molar-refractivity contribution in [2.75, 3.05) is 0 Å². The van der Waals surface area contributed by atoms with Gasteiger partial charge in [-0.15, -0.1) is 0 Å². The van der Waals surface area contributed by atoms with Crippen LogP contribution >= 0.6 is 0 Å². The first-order valence-electron chi connectivity index (χ1n) is 11.9. The summed E-state index contributed by atoms with van der Waals surface area (Å²) in [4.78, 5) is 23.9. The highest BCUT2D eigenvalue weighted by molar-refractivity contribution is 5.91. The Kier molecular flexibility index (Phi) is 7.32. The highest BCUT2D eigenvalue weighted by Crippen LogP contribution is 2.31. The Bertz CT molecular complexity index is 1160. The molecule has 172 valence electrons. The molecule has 0 aliphatic heterocycles. The smallest absolute Gasteiger partial charge is 0.151 e. The fraction of sp³-hybridized carbons (Fsp3) is 0.258. The second kappa shape index (κ2) is 10.6. The first kappa shape index (κ1) is 23.6. The minimum atomic E-state index is -0.347. The number of nitrogens with zero attached hydrogens (tertiary/aromatic N) is 2. The van der Waals surface area contributed by atoms with Crippen LogP contribution in [0.15, 0.2) is 84.9 Å². The van der Waals surface area contributed by atoms with Gasteiger partial charge in [0.05, 0.1) is 23.2 Å². The minimum Gasteiger partial charge on any atom is -0.298 e. The fourth-order valence-corrected chi connectivity index (χ4v) is 4.38. The van der Waals surface area contributed by atoms with E-state index in [1.54, 1.807) is 0 Å². The number of ketones is 1. The molecule has 0 radical (unpaired) electrons. The van der Waals surface area contributed by atoms with Crippen molar-refractivity contribution in [3.8, 4) is 0 Å². The lowest BCUT2D eigenvalue weighted by Crippen LogP contribution is -2.26. The van der Waals surface area contributed by atoms with Crippen molar-refractivity contribution in [2.24, 2.45) is 0 Å². The van der Waals surface area contributed by atoms with E-state index in [4.69, 9.17) is 9.97 Å². The second-order valence-corrected chi connectivity index (χ2v) is 9.29. The average Bonchev–Trinajstić information content (AvgIpc) is 2.83. The van der Waals surface area contributed by atoms with Crippen LogP contribution in [0.4, 0.5) is 0 Å². The first-order valence-corrected chi connectivity index (χ1v) is 11.9. The maximum absolute atomic E-state index is 14.3. The standard InChI is InChI=1S/C31H32N2O/c1-21-11-15-25(16-12-21)19-27(29-9-5-7-23(3)32-29)31(34)28(30-10-6-8-24(4)33-30)20-26-17-13-22(2)14-18-26/h5-18,27-28H,19-20H2,1-4H3. The van der Waals surface area contributed by atoms with Crippen LogP contribution in [0.3, 0.4) is 0 Å². The summed E-state index contributed by atoms with van der Waals surface area (Å²) in [7, 11) is 0. The molecule has 2 aromatic carbocycles. The molecule has 3 heteroatoms. The van der Waals surface area contributed by atoms with Crippen molar-refractivity contribution >= 4 is 5.78 Å². The van der Waals surface area contributed by atoms with E-state index >= 15 is 0 Å². The van der Waals surface area contributed by atoms with Crippen LogP contribution in [0.5, 0.6) is 0 Å². The number of pyridine rings is 2. The lowest BCUT2D eigenvalue weighted by atomic mass is 9.81. The summed E-state index contributed by atoms with van der Waals surface area (Å²) >= 11 is 0. The van der Waals surface area contributed by atoms with E-state index in [0.717, 1.165) is 33.9 Å². The SMILES string of the molecule is Cc1ccc(CC(C(=O)C(Cc2ccc(C)cc2)c2cccc(C)n2)c2cccc(C)n2)cc1. The van der Waals surface area contributed by atoms with E-state index in [0.29, 0.717) is 12.8 Å². The molecule has 2 unspecified atom stereocenters. The van der Waals surface area contributed by atoms with Crippen molar-refractivity contribution < 1.29 is 4.79 Å². The van der Waals surface area contributed by atoms with E-state index in [9.17, 15) is 4.79 Å². The van der Waals surface area contributed by atoms with Crippen molar-refractivity contribution in [2.45, 2.75) is 52.4 Å². The lowest BCUT2D eigenvalue weighted by Gasteiger charge is -2.23. The molecule has 0 aliphatic rings.